The van der Waals surface area contributed by atoms with E-state index in [-0.39, 0.29) is 0 Å². The third-order valence-electron chi connectivity index (χ3n) is 8.61. The molecule has 2 aliphatic rings. The highest BCUT2D eigenvalue weighted by molar-refractivity contribution is 4.79. The van der Waals surface area contributed by atoms with Crippen molar-refractivity contribution in [2.45, 2.75) is 162 Å². The molecule has 0 heteroatoms. The van der Waals surface area contributed by atoms with Crippen LogP contribution in [0.1, 0.15) is 162 Å². The Balaban J connectivity index is 1.83. The molecule has 0 aromatic rings. The third kappa shape index (κ3) is 11.3. The highest BCUT2D eigenvalue weighted by Crippen LogP contribution is 2.40. The Morgan fingerprint density at radius 2 is 0.828 bits per heavy atom. The van der Waals surface area contributed by atoms with Crippen molar-refractivity contribution in [3.05, 3.63) is 0 Å². The van der Waals surface area contributed by atoms with Gasteiger partial charge in [0.15, 0.2) is 0 Å². The maximum Gasteiger partial charge on any atom is -0.0386 e. The normalized spacial score (nSPS) is 31.7. The van der Waals surface area contributed by atoms with Crippen molar-refractivity contribution in [2.75, 3.05) is 0 Å². The van der Waals surface area contributed by atoms with E-state index in [2.05, 4.69) is 13.8 Å². The average Bonchev–Trinajstić information content (AvgIpc) is 2.76. The molecule has 2 atom stereocenters. The average molecular weight is 405 g/mol. The molecule has 0 saturated heterocycles. The summed E-state index contributed by atoms with van der Waals surface area (Å²) in [5.74, 6) is 4.27. The summed E-state index contributed by atoms with van der Waals surface area (Å²) >= 11 is 0. The Bertz CT molecular complexity index is 351. The predicted octanol–water partition coefficient (Wildman–Crippen LogP) is 10.5. The van der Waals surface area contributed by atoms with Crippen molar-refractivity contribution in [3.63, 3.8) is 0 Å². The minimum Gasteiger partial charge on any atom is -0.0654 e. The van der Waals surface area contributed by atoms with Gasteiger partial charge in [-0.25, -0.2) is 0 Å². The zero-order valence-electron chi connectivity index (χ0n) is 20.6. The van der Waals surface area contributed by atoms with Crippen molar-refractivity contribution in [2.24, 2.45) is 23.7 Å². The van der Waals surface area contributed by atoms with Gasteiger partial charge in [0.25, 0.3) is 0 Å². The molecule has 0 aromatic heterocycles. The van der Waals surface area contributed by atoms with Gasteiger partial charge in [-0.3, -0.25) is 0 Å². The summed E-state index contributed by atoms with van der Waals surface area (Å²) in [4.78, 5) is 0. The van der Waals surface area contributed by atoms with Gasteiger partial charge in [-0.1, -0.05) is 149 Å². The topological polar surface area (TPSA) is 0 Å². The second kappa shape index (κ2) is 16.7. The van der Waals surface area contributed by atoms with E-state index < -0.39 is 0 Å². The molecule has 172 valence electrons. The zero-order valence-corrected chi connectivity index (χ0v) is 20.6. The fraction of sp³-hybridized carbons (Fsp3) is 1.00. The summed E-state index contributed by atoms with van der Waals surface area (Å²) in [7, 11) is 0. The Kier molecular flexibility index (Phi) is 14.5. The van der Waals surface area contributed by atoms with E-state index in [1.165, 1.54) is 103 Å². The molecule has 2 saturated carbocycles. The van der Waals surface area contributed by atoms with E-state index >= 15 is 0 Å². The van der Waals surface area contributed by atoms with Gasteiger partial charge in [-0.2, -0.15) is 0 Å². The monoisotopic (exact) mass is 404 g/mol. The van der Waals surface area contributed by atoms with E-state index in [4.69, 9.17) is 0 Å². The molecule has 0 nitrogen and oxygen atoms in total. The van der Waals surface area contributed by atoms with Crippen LogP contribution in [0.25, 0.3) is 0 Å². The molecule has 0 N–H and O–H groups in total. The first kappa shape index (κ1) is 25.3. The first-order valence-corrected chi connectivity index (χ1v) is 14.3. The van der Waals surface area contributed by atoms with Crippen molar-refractivity contribution in [1.29, 1.82) is 0 Å². The van der Waals surface area contributed by atoms with Gasteiger partial charge in [-0.15, -0.1) is 0 Å². The smallest absolute Gasteiger partial charge is 0.0386 e. The van der Waals surface area contributed by atoms with Gasteiger partial charge < -0.3 is 0 Å². The molecule has 0 aromatic carbocycles. The minimum atomic E-state index is 1.05. The van der Waals surface area contributed by atoms with Crippen molar-refractivity contribution < 1.29 is 0 Å². The molecule has 0 spiro atoms. The van der Waals surface area contributed by atoms with Gasteiger partial charge in [-0.05, 0) is 36.5 Å². The maximum atomic E-state index is 2.37. The van der Waals surface area contributed by atoms with Crippen LogP contribution in [0.2, 0.25) is 0 Å². The number of hydrogen-bond acceptors (Lipinski definition) is 0. The summed E-state index contributed by atoms with van der Waals surface area (Å²) in [5.41, 5.74) is 0. The highest BCUT2D eigenvalue weighted by Gasteiger charge is 2.27. The number of rotatable bonds is 7. The van der Waals surface area contributed by atoms with Gasteiger partial charge in [0.1, 0.15) is 0 Å². The molecule has 0 amide bonds. The fourth-order valence-electron chi connectivity index (χ4n) is 6.55. The summed E-state index contributed by atoms with van der Waals surface area (Å²) in [6, 6.07) is 0. The molecule has 2 aliphatic carbocycles. The Labute approximate surface area is 185 Å². The lowest BCUT2D eigenvalue weighted by Gasteiger charge is -2.34. The highest BCUT2D eigenvalue weighted by atomic mass is 14.3. The van der Waals surface area contributed by atoms with Crippen LogP contribution < -0.4 is 0 Å². The molecule has 2 rings (SSSR count). The summed E-state index contributed by atoms with van der Waals surface area (Å²) in [6.07, 6.45) is 34.8. The van der Waals surface area contributed by atoms with E-state index in [0.29, 0.717) is 0 Å². The molecule has 0 aliphatic heterocycles. The fourth-order valence-corrected chi connectivity index (χ4v) is 6.55. The van der Waals surface area contributed by atoms with Crippen LogP contribution in [0, 0.1) is 23.7 Å². The van der Waals surface area contributed by atoms with Gasteiger partial charge in [0.2, 0.25) is 0 Å². The molecular weight excluding hydrogens is 348 g/mol. The van der Waals surface area contributed by atoms with E-state index in [1.54, 1.807) is 44.9 Å². The second-order valence-electron chi connectivity index (χ2n) is 11.0. The van der Waals surface area contributed by atoms with Gasteiger partial charge in [0.05, 0.1) is 0 Å². The van der Waals surface area contributed by atoms with E-state index in [0.717, 1.165) is 23.7 Å². The minimum absolute atomic E-state index is 1.05. The standard InChI is InChI=1S/C29H56/c1-3-5-16-26-18-13-11-9-7-8-10-12-14-20-28(21-15-19-26)29-24-22-27(23-25-29)17-6-4-2/h26-29H,3-25H2,1-2H3. The lowest BCUT2D eigenvalue weighted by atomic mass is 9.71. The second-order valence-corrected chi connectivity index (χ2v) is 11.0. The van der Waals surface area contributed by atoms with Crippen LogP contribution in [0.5, 0.6) is 0 Å². The van der Waals surface area contributed by atoms with Crippen LogP contribution in [0.15, 0.2) is 0 Å². The van der Waals surface area contributed by atoms with E-state index in [9.17, 15) is 0 Å². The van der Waals surface area contributed by atoms with Crippen LogP contribution in [-0.2, 0) is 0 Å². The number of unbranched alkanes of at least 4 members (excludes halogenated alkanes) is 2. The van der Waals surface area contributed by atoms with Crippen LogP contribution >= 0.6 is 0 Å². The van der Waals surface area contributed by atoms with Crippen molar-refractivity contribution >= 4 is 0 Å². The van der Waals surface area contributed by atoms with Crippen LogP contribution in [0.4, 0.5) is 0 Å². The first-order valence-electron chi connectivity index (χ1n) is 14.3. The molecular formula is C29H56. The summed E-state index contributed by atoms with van der Waals surface area (Å²) < 4.78 is 0. The van der Waals surface area contributed by atoms with Crippen molar-refractivity contribution in [1.82, 2.24) is 0 Å². The Morgan fingerprint density at radius 3 is 1.41 bits per heavy atom. The van der Waals surface area contributed by atoms with E-state index in [1.807, 2.05) is 0 Å². The van der Waals surface area contributed by atoms with Gasteiger partial charge in [0, 0.05) is 0 Å². The zero-order chi connectivity index (χ0) is 20.6. The van der Waals surface area contributed by atoms with Crippen molar-refractivity contribution in [3.8, 4) is 0 Å². The molecule has 2 unspecified atom stereocenters. The van der Waals surface area contributed by atoms with Gasteiger partial charge >= 0.3 is 0 Å². The molecule has 2 fully saturated rings. The Morgan fingerprint density at radius 1 is 0.414 bits per heavy atom. The third-order valence-corrected chi connectivity index (χ3v) is 8.61. The quantitative estimate of drug-likeness (QED) is 0.395. The lowest BCUT2D eigenvalue weighted by Crippen LogP contribution is -2.22. The largest absolute Gasteiger partial charge is 0.0654 e. The molecule has 29 heavy (non-hydrogen) atoms. The number of hydrogen-bond donors (Lipinski definition) is 0. The summed E-state index contributed by atoms with van der Waals surface area (Å²) in [6.45, 7) is 4.73. The van der Waals surface area contributed by atoms with Crippen LogP contribution in [0.3, 0.4) is 0 Å². The lowest BCUT2D eigenvalue weighted by molar-refractivity contribution is 0.173. The Hall–Kier alpha value is 0. The first-order chi connectivity index (χ1) is 14.3. The molecule has 0 radical (unpaired) electrons. The molecule has 0 bridgehead atoms. The summed E-state index contributed by atoms with van der Waals surface area (Å²) in [5, 5.41) is 0. The van der Waals surface area contributed by atoms with Crippen LogP contribution in [-0.4, -0.2) is 0 Å². The molecule has 0 heterocycles. The SMILES string of the molecule is CCCCC1CCCCCCCCCCC(C2CCC(CCCC)CC2)CCC1. The maximum absolute atomic E-state index is 2.37. The predicted molar refractivity (Wildman–Crippen MR) is 131 cm³/mol.